The summed E-state index contributed by atoms with van der Waals surface area (Å²) in [6.07, 6.45) is 7.33. The number of hydrogen-bond donors (Lipinski definition) is 2. The molecule has 184 valence electrons. The van der Waals surface area contributed by atoms with E-state index in [2.05, 4.69) is 116 Å². The molecule has 0 radical (unpaired) electrons. The molecule has 0 amide bonds. The van der Waals surface area contributed by atoms with Crippen LogP contribution in [0, 0.1) is 6.92 Å². The maximum atomic E-state index is 5.45. The standard InChI is InChI=1S/C36H30N2/c1-24-21-29-15-17-31-33(25(2)38-20-8-4-7-19-37)23-34(32-18-16-30(22-24)35(29)36(31)32)28-13-11-27(12-14-28)26-9-5-3-6-10-26/h3-19,21-23,38H,2,20,37H2,1H3/b8-4-,19-7-. The van der Waals surface area contributed by atoms with Gasteiger partial charge in [0.1, 0.15) is 0 Å². The van der Waals surface area contributed by atoms with E-state index in [1.165, 1.54) is 66.3 Å². The second-order valence-electron chi connectivity index (χ2n) is 9.77. The van der Waals surface area contributed by atoms with E-state index in [-0.39, 0.29) is 0 Å². The van der Waals surface area contributed by atoms with Crippen molar-refractivity contribution in [2.24, 2.45) is 5.73 Å². The lowest BCUT2D eigenvalue weighted by Crippen LogP contribution is -2.11. The Morgan fingerprint density at radius 2 is 1.39 bits per heavy atom. The molecular weight excluding hydrogens is 460 g/mol. The highest BCUT2D eigenvalue weighted by atomic mass is 14.9. The van der Waals surface area contributed by atoms with E-state index in [9.17, 15) is 0 Å². The molecule has 2 nitrogen and oxygen atoms in total. The monoisotopic (exact) mass is 490 g/mol. The first kappa shape index (κ1) is 23.6. The largest absolute Gasteiger partial charge is 0.405 e. The van der Waals surface area contributed by atoms with E-state index in [0.29, 0.717) is 6.54 Å². The highest BCUT2D eigenvalue weighted by Crippen LogP contribution is 2.42. The first-order valence-corrected chi connectivity index (χ1v) is 13.0. The van der Waals surface area contributed by atoms with Gasteiger partial charge in [0.15, 0.2) is 0 Å². The van der Waals surface area contributed by atoms with Gasteiger partial charge in [0.05, 0.1) is 0 Å². The number of aryl methyl sites for hydroxylation is 1. The average molecular weight is 491 g/mol. The molecule has 0 heterocycles. The topological polar surface area (TPSA) is 38.0 Å². The van der Waals surface area contributed by atoms with Crippen molar-refractivity contribution in [2.75, 3.05) is 6.54 Å². The predicted molar refractivity (Wildman–Crippen MR) is 165 cm³/mol. The third kappa shape index (κ3) is 4.21. The minimum atomic E-state index is 0.672. The third-order valence-electron chi connectivity index (χ3n) is 7.28. The summed E-state index contributed by atoms with van der Waals surface area (Å²) in [4.78, 5) is 0. The van der Waals surface area contributed by atoms with Crippen LogP contribution in [-0.2, 0) is 0 Å². The third-order valence-corrected chi connectivity index (χ3v) is 7.28. The van der Waals surface area contributed by atoms with Gasteiger partial charge in [-0.1, -0.05) is 110 Å². The summed E-state index contributed by atoms with van der Waals surface area (Å²) in [6.45, 7) is 7.28. The molecule has 6 rings (SSSR count). The van der Waals surface area contributed by atoms with Crippen molar-refractivity contribution in [3.05, 3.63) is 139 Å². The Morgan fingerprint density at radius 3 is 2.11 bits per heavy atom. The summed E-state index contributed by atoms with van der Waals surface area (Å²) < 4.78 is 0. The van der Waals surface area contributed by atoms with Crippen molar-refractivity contribution in [3.8, 4) is 22.3 Å². The molecule has 38 heavy (non-hydrogen) atoms. The van der Waals surface area contributed by atoms with Crippen molar-refractivity contribution in [1.82, 2.24) is 5.32 Å². The molecule has 0 unspecified atom stereocenters. The number of nitrogens with two attached hydrogens (primary N) is 1. The van der Waals surface area contributed by atoms with Gasteiger partial charge in [0.2, 0.25) is 0 Å². The molecule has 6 aromatic carbocycles. The maximum absolute atomic E-state index is 5.45. The molecule has 0 aliphatic heterocycles. The normalized spacial score (nSPS) is 11.9. The van der Waals surface area contributed by atoms with Crippen LogP contribution in [0.4, 0.5) is 0 Å². The van der Waals surface area contributed by atoms with E-state index in [1.54, 1.807) is 0 Å². The molecule has 0 saturated heterocycles. The van der Waals surface area contributed by atoms with Crippen LogP contribution in [0.1, 0.15) is 11.1 Å². The molecular formula is C36H30N2. The number of hydrogen-bond acceptors (Lipinski definition) is 2. The first-order valence-electron chi connectivity index (χ1n) is 13.0. The molecule has 0 aliphatic carbocycles. The van der Waals surface area contributed by atoms with E-state index in [1.807, 2.05) is 18.2 Å². The van der Waals surface area contributed by atoms with Crippen molar-refractivity contribution in [3.63, 3.8) is 0 Å². The zero-order chi connectivity index (χ0) is 26.1. The van der Waals surface area contributed by atoms with Gasteiger partial charge in [-0.2, -0.15) is 0 Å². The van der Waals surface area contributed by atoms with E-state index in [0.717, 1.165) is 11.3 Å². The van der Waals surface area contributed by atoms with Crippen LogP contribution in [0.15, 0.2) is 128 Å². The molecule has 0 spiro atoms. The van der Waals surface area contributed by atoms with Crippen molar-refractivity contribution in [2.45, 2.75) is 6.92 Å². The molecule has 2 heteroatoms. The van der Waals surface area contributed by atoms with Gasteiger partial charge in [-0.05, 0) is 85.4 Å². The Morgan fingerprint density at radius 1 is 0.737 bits per heavy atom. The van der Waals surface area contributed by atoms with Crippen LogP contribution in [0.3, 0.4) is 0 Å². The summed E-state index contributed by atoms with van der Waals surface area (Å²) in [6, 6.07) is 35.3. The quantitative estimate of drug-likeness (QED) is 0.173. The predicted octanol–water partition coefficient (Wildman–Crippen LogP) is 8.82. The van der Waals surface area contributed by atoms with Crippen LogP contribution in [-0.4, -0.2) is 6.54 Å². The maximum Gasteiger partial charge on any atom is 0.0349 e. The van der Waals surface area contributed by atoms with Gasteiger partial charge in [-0.25, -0.2) is 0 Å². The van der Waals surface area contributed by atoms with Gasteiger partial charge < -0.3 is 11.1 Å². The van der Waals surface area contributed by atoms with Crippen LogP contribution in [0.5, 0.6) is 0 Å². The zero-order valence-corrected chi connectivity index (χ0v) is 21.5. The molecule has 0 aliphatic rings. The van der Waals surface area contributed by atoms with Crippen molar-refractivity contribution >= 4 is 38.0 Å². The van der Waals surface area contributed by atoms with E-state index >= 15 is 0 Å². The molecule has 0 fully saturated rings. The van der Waals surface area contributed by atoms with Crippen LogP contribution in [0.2, 0.25) is 0 Å². The second-order valence-corrected chi connectivity index (χ2v) is 9.77. The van der Waals surface area contributed by atoms with Crippen molar-refractivity contribution < 1.29 is 0 Å². The van der Waals surface area contributed by atoms with Gasteiger partial charge in [-0.15, -0.1) is 0 Å². The molecule has 6 aromatic rings. The highest BCUT2D eigenvalue weighted by molar-refractivity contribution is 6.27. The van der Waals surface area contributed by atoms with Crippen LogP contribution < -0.4 is 11.1 Å². The van der Waals surface area contributed by atoms with Gasteiger partial charge in [0.25, 0.3) is 0 Å². The second kappa shape index (κ2) is 9.91. The minimum Gasteiger partial charge on any atom is -0.405 e. The van der Waals surface area contributed by atoms with Crippen LogP contribution >= 0.6 is 0 Å². The summed E-state index contributed by atoms with van der Waals surface area (Å²) in [5, 5.41) is 11.1. The lowest BCUT2D eigenvalue weighted by Gasteiger charge is -2.19. The van der Waals surface area contributed by atoms with E-state index in [4.69, 9.17) is 5.73 Å². The highest BCUT2D eigenvalue weighted by Gasteiger charge is 2.17. The summed E-state index contributed by atoms with van der Waals surface area (Å²) in [5.41, 5.74) is 13.6. The number of rotatable bonds is 7. The average Bonchev–Trinajstić information content (AvgIpc) is 2.95. The number of benzene rings is 6. The molecule has 3 N–H and O–H groups in total. The molecule has 0 aromatic heterocycles. The first-order chi connectivity index (χ1) is 18.6. The Kier molecular flexibility index (Phi) is 6.15. The van der Waals surface area contributed by atoms with Gasteiger partial charge >= 0.3 is 0 Å². The smallest absolute Gasteiger partial charge is 0.0349 e. The lowest BCUT2D eigenvalue weighted by molar-refractivity contribution is 1.01. The Labute approximate surface area is 223 Å². The summed E-state index contributed by atoms with van der Waals surface area (Å²) in [5.74, 6) is 0. The molecule has 0 saturated carbocycles. The zero-order valence-electron chi connectivity index (χ0n) is 21.5. The van der Waals surface area contributed by atoms with Gasteiger partial charge in [-0.3, -0.25) is 0 Å². The fraction of sp³-hybridized carbons (Fsp3) is 0.0556. The minimum absolute atomic E-state index is 0.672. The summed E-state index contributed by atoms with van der Waals surface area (Å²) in [7, 11) is 0. The van der Waals surface area contributed by atoms with Gasteiger partial charge in [0, 0.05) is 17.8 Å². The Hall–Kier alpha value is -4.82. The fourth-order valence-electron chi connectivity index (χ4n) is 5.52. The molecule has 0 atom stereocenters. The SMILES string of the molecule is C=C(NC/C=C\C=C/N)c1cc(-c2ccc(-c3ccccc3)cc2)c2ccc3cc(C)cc4ccc1c2c43. The summed E-state index contributed by atoms with van der Waals surface area (Å²) >= 11 is 0. The Bertz CT molecular complexity index is 1810. The number of nitrogens with one attached hydrogen (secondary N) is 1. The van der Waals surface area contributed by atoms with E-state index < -0.39 is 0 Å². The lowest BCUT2D eigenvalue weighted by atomic mass is 9.86. The Balaban J connectivity index is 1.54. The number of allylic oxidation sites excluding steroid dienone is 2. The van der Waals surface area contributed by atoms with Crippen LogP contribution in [0.25, 0.3) is 60.3 Å². The van der Waals surface area contributed by atoms with Crippen molar-refractivity contribution in [1.29, 1.82) is 0 Å². The molecule has 0 bridgehead atoms. The fourth-order valence-corrected chi connectivity index (χ4v) is 5.52.